The second kappa shape index (κ2) is 6.36. The van der Waals surface area contributed by atoms with Crippen molar-refractivity contribution in [2.75, 3.05) is 13.1 Å². The molecule has 2 amide bonds. The maximum absolute atomic E-state index is 13.0. The number of amides is 2. The summed E-state index contributed by atoms with van der Waals surface area (Å²) >= 11 is 0. The number of nitrogens with zero attached hydrogens (tertiary/aromatic N) is 1. The molecule has 2 atom stereocenters. The molecule has 0 aromatic heterocycles. The molecule has 0 unspecified atom stereocenters. The molecule has 1 N–H and O–H groups in total. The highest BCUT2D eigenvalue weighted by molar-refractivity contribution is 5.96. The van der Waals surface area contributed by atoms with Gasteiger partial charge < -0.3 is 10.2 Å². The standard InChI is InChI=1S/C21H22N2O2/c1-14-5-2-3-8-18(14)15-6-4-7-17(11-15)21(25)23-10-9-16-12-20(24)22-19(16)13-23/h2-8,11,16,19H,9-10,12-13H2,1H3,(H,22,24)/t16-,19-/m1/s1. The van der Waals surface area contributed by atoms with Gasteiger partial charge in [0.05, 0.1) is 0 Å². The Balaban J connectivity index is 1.56. The average Bonchev–Trinajstić information content (AvgIpc) is 3.00. The van der Waals surface area contributed by atoms with E-state index >= 15 is 0 Å². The first kappa shape index (κ1) is 15.9. The molecule has 128 valence electrons. The number of benzene rings is 2. The van der Waals surface area contributed by atoms with Crippen LogP contribution in [0.5, 0.6) is 0 Å². The van der Waals surface area contributed by atoms with Gasteiger partial charge in [0.1, 0.15) is 0 Å². The van der Waals surface area contributed by atoms with Crippen LogP contribution in [0.25, 0.3) is 11.1 Å². The van der Waals surface area contributed by atoms with E-state index in [1.165, 1.54) is 5.56 Å². The van der Waals surface area contributed by atoms with Crippen LogP contribution in [0.3, 0.4) is 0 Å². The number of nitrogens with one attached hydrogen (secondary N) is 1. The molecule has 0 saturated carbocycles. The van der Waals surface area contributed by atoms with E-state index in [0.29, 0.717) is 24.4 Å². The van der Waals surface area contributed by atoms with E-state index in [1.54, 1.807) is 0 Å². The van der Waals surface area contributed by atoms with Crippen LogP contribution in [0, 0.1) is 12.8 Å². The van der Waals surface area contributed by atoms with Gasteiger partial charge in [-0.3, -0.25) is 9.59 Å². The summed E-state index contributed by atoms with van der Waals surface area (Å²) < 4.78 is 0. The van der Waals surface area contributed by atoms with E-state index in [2.05, 4.69) is 24.4 Å². The van der Waals surface area contributed by atoms with Crippen LogP contribution < -0.4 is 5.32 Å². The van der Waals surface area contributed by atoms with Crippen LogP contribution in [-0.4, -0.2) is 35.8 Å². The second-order valence-corrected chi connectivity index (χ2v) is 7.07. The Morgan fingerprint density at radius 3 is 2.84 bits per heavy atom. The van der Waals surface area contributed by atoms with Gasteiger partial charge in [0.2, 0.25) is 5.91 Å². The van der Waals surface area contributed by atoms with Crippen LogP contribution in [0.15, 0.2) is 48.5 Å². The van der Waals surface area contributed by atoms with Crippen LogP contribution >= 0.6 is 0 Å². The number of hydrogen-bond donors (Lipinski definition) is 1. The first-order valence-electron chi connectivity index (χ1n) is 8.86. The van der Waals surface area contributed by atoms with E-state index in [4.69, 9.17) is 0 Å². The zero-order valence-corrected chi connectivity index (χ0v) is 14.4. The smallest absolute Gasteiger partial charge is 0.253 e. The summed E-state index contributed by atoms with van der Waals surface area (Å²) in [5.74, 6) is 0.552. The molecule has 2 aromatic rings. The van der Waals surface area contributed by atoms with Gasteiger partial charge in [-0.15, -0.1) is 0 Å². The van der Waals surface area contributed by atoms with E-state index < -0.39 is 0 Å². The minimum absolute atomic E-state index is 0.0510. The third kappa shape index (κ3) is 3.04. The fourth-order valence-electron chi connectivity index (χ4n) is 4.00. The van der Waals surface area contributed by atoms with Crippen molar-refractivity contribution in [3.05, 3.63) is 59.7 Å². The molecule has 0 bridgehead atoms. The van der Waals surface area contributed by atoms with E-state index in [0.717, 1.165) is 24.1 Å². The lowest BCUT2D eigenvalue weighted by Crippen LogP contribution is -2.49. The summed E-state index contributed by atoms with van der Waals surface area (Å²) in [6.45, 7) is 3.42. The number of aryl methyl sites for hydroxylation is 1. The predicted molar refractivity (Wildman–Crippen MR) is 97.2 cm³/mol. The maximum atomic E-state index is 13.0. The highest BCUT2D eigenvalue weighted by Gasteiger charge is 2.38. The van der Waals surface area contributed by atoms with Gasteiger partial charge in [0.25, 0.3) is 5.91 Å². The summed E-state index contributed by atoms with van der Waals surface area (Å²) in [5, 5.41) is 3.00. The lowest BCUT2D eigenvalue weighted by Gasteiger charge is -2.34. The Kier molecular flexibility index (Phi) is 4.04. The minimum atomic E-state index is 0.0510. The minimum Gasteiger partial charge on any atom is -0.351 e. The zero-order valence-electron chi connectivity index (χ0n) is 14.4. The van der Waals surface area contributed by atoms with Crippen molar-refractivity contribution >= 4 is 11.8 Å². The van der Waals surface area contributed by atoms with Gasteiger partial charge >= 0.3 is 0 Å². The van der Waals surface area contributed by atoms with Crippen molar-refractivity contribution < 1.29 is 9.59 Å². The molecule has 0 radical (unpaired) electrons. The van der Waals surface area contributed by atoms with Gasteiger partial charge in [-0.25, -0.2) is 0 Å². The monoisotopic (exact) mass is 334 g/mol. The van der Waals surface area contributed by atoms with Gasteiger partial charge in [-0.1, -0.05) is 36.4 Å². The molecule has 25 heavy (non-hydrogen) atoms. The number of hydrogen-bond acceptors (Lipinski definition) is 2. The molecule has 2 aromatic carbocycles. The fourth-order valence-corrected chi connectivity index (χ4v) is 4.00. The van der Waals surface area contributed by atoms with E-state index in [-0.39, 0.29) is 17.9 Å². The number of fused-ring (bicyclic) bond motifs is 1. The highest BCUT2D eigenvalue weighted by atomic mass is 16.2. The maximum Gasteiger partial charge on any atom is 0.253 e. The molecule has 2 heterocycles. The van der Waals surface area contributed by atoms with Crippen molar-refractivity contribution in [3.63, 3.8) is 0 Å². The van der Waals surface area contributed by atoms with Gasteiger partial charge in [-0.05, 0) is 48.1 Å². The Labute approximate surface area is 147 Å². The molecule has 2 saturated heterocycles. The molecule has 4 rings (SSSR count). The van der Waals surface area contributed by atoms with Gasteiger partial charge in [0.15, 0.2) is 0 Å². The summed E-state index contributed by atoms with van der Waals surface area (Å²) in [6, 6.07) is 16.2. The molecule has 0 spiro atoms. The normalized spacial score (nSPS) is 22.4. The molecule has 2 aliphatic heterocycles. The molecular formula is C21H22N2O2. The number of carbonyl (C=O) groups excluding carboxylic acids is 2. The largest absolute Gasteiger partial charge is 0.351 e. The second-order valence-electron chi connectivity index (χ2n) is 7.07. The summed E-state index contributed by atoms with van der Waals surface area (Å²) in [4.78, 5) is 26.4. The molecular weight excluding hydrogens is 312 g/mol. The summed E-state index contributed by atoms with van der Waals surface area (Å²) in [6.07, 6.45) is 1.50. The Morgan fingerprint density at radius 1 is 1.16 bits per heavy atom. The molecule has 0 aliphatic carbocycles. The Morgan fingerprint density at radius 2 is 2.00 bits per heavy atom. The van der Waals surface area contributed by atoms with Crippen molar-refractivity contribution in [2.24, 2.45) is 5.92 Å². The van der Waals surface area contributed by atoms with Crippen molar-refractivity contribution in [2.45, 2.75) is 25.8 Å². The Bertz CT molecular complexity index is 830. The van der Waals surface area contributed by atoms with Crippen molar-refractivity contribution in [1.29, 1.82) is 0 Å². The number of piperidine rings is 1. The average molecular weight is 334 g/mol. The van der Waals surface area contributed by atoms with Crippen LogP contribution in [0.4, 0.5) is 0 Å². The summed E-state index contributed by atoms with van der Waals surface area (Å²) in [5.41, 5.74) is 4.12. The SMILES string of the molecule is Cc1ccccc1-c1cccc(C(=O)N2CC[C@@H]3CC(=O)N[C@@H]3C2)c1. The quantitative estimate of drug-likeness (QED) is 0.918. The van der Waals surface area contributed by atoms with Crippen molar-refractivity contribution in [3.8, 4) is 11.1 Å². The van der Waals surface area contributed by atoms with E-state index in [9.17, 15) is 9.59 Å². The molecule has 4 heteroatoms. The third-order valence-electron chi connectivity index (χ3n) is 5.40. The highest BCUT2D eigenvalue weighted by Crippen LogP contribution is 2.28. The summed E-state index contributed by atoms with van der Waals surface area (Å²) in [7, 11) is 0. The number of likely N-dealkylation sites (tertiary alicyclic amines) is 1. The first-order chi connectivity index (χ1) is 12.1. The zero-order chi connectivity index (χ0) is 17.4. The van der Waals surface area contributed by atoms with Crippen molar-refractivity contribution in [1.82, 2.24) is 10.2 Å². The number of rotatable bonds is 2. The first-order valence-corrected chi connectivity index (χ1v) is 8.86. The van der Waals surface area contributed by atoms with Crippen LogP contribution in [-0.2, 0) is 4.79 Å². The number of carbonyl (C=O) groups is 2. The van der Waals surface area contributed by atoms with Gasteiger partial charge in [-0.2, -0.15) is 0 Å². The lowest BCUT2D eigenvalue weighted by molar-refractivity contribution is -0.119. The van der Waals surface area contributed by atoms with Crippen LogP contribution in [0.1, 0.15) is 28.8 Å². The Hall–Kier alpha value is -2.62. The molecule has 4 nitrogen and oxygen atoms in total. The van der Waals surface area contributed by atoms with E-state index in [1.807, 2.05) is 41.3 Å². The lowest BCUT2D eigenvalue weighted by atomic mass is 9.92. The third-order valence-corrected chi connectivity index (χ3v) is 5.40. The topological polar surface area (TPSA) is 49.4 Å². The molecule has 2 aliphatic rings. The fraction of sp³-hybridized carbons (Fsp3) is 0.333. The predicted octanol–water partition coefficient (Wildman–Crippen LogP) is 3.01. The van der Waals surface area contributed by atoms with Crippen LogP contribution in [0.2, 0.25) is 0 Å². The van der Waals surface area contributed by atoms with Gasteiger partial charge in [0, 0.05) is 31.1 Å². The molecule has 2 fully saturated rings.